The van der Waals surface area contributed by atoms with Gasteiger partial charge >= 0.3 is 0 Å². The molecular formula is C15H16ClNS. The third kappa shape index (κ3) is 3.01. The minimum Gasteiger partial charge on any atom is -0.397 e. The summed E-state index contributed by atoms with van der Waals surface area (Å²) < 4.78 is 0. The summed E-state index contributed by atoms with van der Waals surface area (Å²) in [7, 11) is 0. The highest BCUT2D eigenvalue weighted by atomic mass is 35.5. The minimum absolute atomic E-state index is 0.556. The zero-order valence-corrected chi connectivity index (χ0v) is 12.1. The first-order valence-electron chi connectivity index (χ1n) is 5.89. The van der Waals surface area contributed by atoms with Crippen molar-refractivity contribution in [3.05, 3.63) is 53.1 Å². The number of hydrogen-bond donors (Lipinski definition) is 1. The average Bonchev–Trinajstić information content (AvgIpc) is 2.36. The van der Waals surface area contributed by atoms with Crippen LogP contribution >= 0.6 is 23.4 Å². The maximum Gasteiger partial charge on any atom is 0.0647 e. The van der Waals surface area contributed by atoms with Crippen LogP contribution in [0.15, 0.2) is 52.3 Å². The van der Waals surface area contributed by atoms with E-state index in [-0.39, 0.29) is 0 Å². The summed E-state index contributed by atoms with van der Waals surface area (Å²) in [4.78, 5) is 2.17. The van der Waals surface area contributed by atoms with Crippen LogP contribution in [-0.4, -0.2) is 0 Å². The predicted molar refractivity (Wildman–Crippen MR) is 80.5 cm³/mol. The van der Waals surface area contributed by atoms with Gasteiger partial charge < -0.3 is 5.73 Å². The Morgan fingerprint density at radius 2 is 1.72 bits per heavy atom. The number of rotatable bonds is 3. The molecule has 0 amide bonds. The van der Waals surface area contributed by atoms with E-state index in [1.54, 1.807) is 11.8 Å². The highest BCUT2D eigenvalue weighted by Gasteiger charge is 2.05. The first-order chi connectivity index (χ1) is 8.58. The van der Waals surface area contributed by atoms with Gasteiger partial charge in [-0.1, -0.05) is 55.4 Å². The second-order valence-corrected chi connectivity index (χ2v) is 6.00. The van der Waals surface area contributed by atoms with Crippen LogP contribution in [0.1, 0.15) is 25.3 Å². The Balaban J connectivity index is 2.21. The third-order valence-electron chi connectivity index (χ3n) is 2.79. The molecule has 0 radical (unpaired) electrons. The fourth-order valence-electron chi connectivity index (χ4n) is 1.65. The Morgan fingerprint density at radius 1 is 1.06 bits per heavy atom. The Morgan fingerprint density at radius 3 is 2.33 bits per heavy atom. The van der Waals surface area contributed by atoms with Gasteiger partial charge in [-0.2, -0.15) is 0 Å². The lowest BCUT2D eigenvalue weighted by molar-refractivity contribution is 0.865. The normalized spacial score (nSPS) is 10.9. The molecule has 0 aromatic heterocycles. The number of hydrogen-bond acceptors (Lipinski definition) is 2. The van der Waals surface area contributed by atoms with Crippen LogP contribution in [0.25, 0.3) is 0 Å². The van der Waals surface area contributed by atoms with E-state index in [9.17, 15) is 0 Å². The van der Waals surface area contributed by atoms with E-state index in [0.717, 1.165) is 4.90 Å². The quantitative estimate of drug-likeness (QED) is 0.781. The molecule has 94 valence electrons. The van der Waals surface area contributed by atoms with Gasteiger partial charge in [-0.15, -0.1) is 0 Å². The summed E-state index contributed by atoms with van der Waals surface area (Å²) >= 11 is 7.65. The van der Waals surface area contributed by atoms with E-state index in [1.165, 1.54) is 10.5 Å². The number of benzene rings is 2. The molecule has 0 fully saturated rings. The van der Waals surface area contributed by atoms with E-state index in [0.29, 0.717) is 16.6 Å². The van der Waals surface area contributed by atoms with Gasteiger partial charge in [0.05, 0.1) is 10.7 Å². The van der Waals surface area contributed by atoms with Crippen LogP contribution in [0.3, 0.4) is 0 Å². The van der Waals surface area contributed by atoms with Crippen molar-refractivity contribution in [1.82, 2.24) is 0 Å². The molecule has 18 heavy (non-hydrogen) atoms. The van der Waals surface area contributed by atoms with Gasteiger partial charge in [0.1, 0.15) is 0 Å². The molecule has 0 aliphatic carbocycles. The van der Waals surface area contributed by atoms with Crippen LogP contribution in [0.4, 0.5) is 5.69 Å². The van der Waals surface area contributed by atoms with Crippen LogP contribution in [-0.2, 0) is 0 Å². The molecule has 3 heteroatoms. The molecule has 0 unspecified atom stereocenters. The van der Waals surface area contributed by atoms with Gasteiger partial charge in [-0.05, 0) is 35.7 Å². The molecule has 0 aliphatic heterocycles. The first kappa shape index (κ1) is 13.3. The number of nitrogen functional groups attached to an aromatic ring is 1. The second kappa shape index (κ2) is 5.68. The first-order valence-corrected chi connectivity index (χ1v) is 7.09. The Bertz CT molecular complexity index is 535. The zero-order chi connectivity index (χ0) is 13.1. The number of halogens is 1. The Kier molecular flexibility index (Phi) is 4.20. The van der Waals surface area contributed by atoms with Crippen molar-refractivity contribution in [3.63, 3.8) is 0 Å². The Hall–Kier alpha value is -1.12. The smallest absolute Gasteiger partial charge is 0.0647 e. The summed E-state index contributed by atoms with van der Waals surface area (Å²) in [5.41, 5.74) is 7.95. The number of anilines is 1. The van der Waals surface area contributed by atoms with Gasteiger partial charge in [0.15, 0.2) is 0 Å². The summed E-state index contributed by atoms with van der Waals surface area (Å²) in [6.45, 7) is 4.38. The fourth-order valence-corrected chi connectivity index (χ4v) is 2.78. The van der Waals surface area contributed by atoms with Crippen LogP contribution in [0.5, 0.6) is 0 Å². The van der Waals surface area contributed by atoms with Crippen molar-refractivity contribution in [2.75, 3.05) is 5.73 Å². The SMILES string of the molecule is CC(C)c1ccc(Sc2cccc(Cl)c2N)cc1. The van der Waals surface area contributed by atoms with Gasteiger partial charge in [-0.25, -0.2) is 0 Å². The Labute approximate surface area is 117 Å². The average molecular weight is 278 g/mol. The summed E-state index contributed by atoms with van der Waals surface area (Å²) in [6, 6.07) is 14.3. The predicted octanol–water partition coefficient (Wildman–Crippen LogP) is 5.20. The molecule has 0 bridgehead atoms. The molecule has 0 heterocycles. The fraction of sp³-hybridized carbons (Fsp3) is 0.200. The monoisotopic (exact) mass is 277 g/mol. The van der Waals surface area contributed by atoms with Gasteiger partial charge in [0.25, 0.3) is 0 Å². The van der Waals surface area contributed by atoms with Crippen LogP contribution < -0.4 is 5.73 Å². The maximum absolute atomic E-state index is 6.01. The number of nitrogens with two attached hydrogens (primary N) is 1. The summed E-state index contributed by atoms with van der Waals surface area (Å²) in [5.74, 6) is 0.556. The summed E-state index contributed by atoms with van der Waals surface area (Å²) in [5, 5.41) is 0.610. The van der Waals surface area contributed by atoms with Crippen molar-refractivity contribution in [3.8, 4) is 0 Å². The lowest BCUT2D eigenvalue weighted by Gasteiger charge is -2.09. The highest BCUT2D eigenvalue weighted by Crippen LogP contribution is 2.35. The van der Waals surface area contributed by atoms with E-state index < -0.39 is 0 Å². The van der Waals surface area contributed by atoms with Crippen molar-refractivity contribution >= 4 is 29.1 Å². The van der Waals surface area contributed by atoms with Crippen molar-refractivity contribution in [2.45, 2.75) is 29.6 Å². The van der Waals surface area contributed by atoms with Gasteiger partial charge in [0, 0.05) is 9.79 Å². The maximum atomic E-state index is 6.01. The molecule has 0 saturated heterocycles. The van der Waals surface area contributed by atoms with E-state index in [1.807, 2.05) is 18.2 Å². The lowest BCUT2D eigenvalue weighted by atomic mass is 10.0. The molecule has 2 N–H and O–H groups in total. The largest absolute Gasteiger partial charge is 0.397 e. The van der Waals surface area contributed by atoms with E-state index >= 15 is 0 Å². The molecular weight excluding hydrogens is 262 g/mol. The molecule has 2 aromatic carbocycles. The van der Waals surface area contributed by atoms with Crippen LogP contribution in [0.2, 0.25) is 5.02 Å². The molecule has 2 rings (SSSR count). The molecule has 1 nitrogen and oxygen atoms in total. The molecule has 0 atom stereocenters. The molecule has 0 saturated carbocycles. The minimum atomic E-state index is 0.556. The van der Waals surface area contributed by atoms with Crippen LogP contribution in [0, 0.1) is 0 Å². The molecule has 0 spiro atoms. The zero-order valence-electron chi connectivity index (χ0n) is 10.5. The van der Waals surface area contributed by atoms with Crippen molar-refractivity contribution in [1.29, 1.82) is 0 Å². The van der Waals surface area contributed by atoms with Gasteiger partial charge in [-0.3, -0.25) is 0 Å². The topological polar surface area (TPSA) is 26.0 Å². The third-order valence-corrected chi connectivity index (χ3v) is 4.20. The molecule has 0 aliphatic rings. The molecule has 2 aromatic rings. The van der Waals surface area contributed by atoms with Gasteiger partial charge in [0.2, 0.25) is 0 Å². The summed E-state index contributed by atoms with van der Waals surface area (Å²) in [6.07, 6.45) is 0. The highest BCUT2D eigenvalue weighted by molar-refractivity contribution is 7.99. The van der Waals surface area contributed by atoms with Crippen molar-refractivity contribution in [2.24, 2.45) is 0 Å². The number of para-hydroxylation sites is 1. The van der Waals surface area contributed by atoms with E-state index in [2.05, 4.69) is 38.1 Å². The second-order valence-electron chi connectivity index (χ2n) is 4.48. The standard InChI is InChI=1S/C15H16ClNS/c1-10(2)11-6-8-12(9-7-11)18-14-5-3-4-13(16)15(14)17/h3-10H,17H2,1-2H3. The lowest BCUT2D eigenvalue weighted by Crippen LogP contribution is -1.90. The van der Waals surface area contributed by atoms with E-state index in [4.69, 9.17) is 17.3 Å². The van der Waals surface area contributed by atoms with Crippen molar-refractivity contribution < 1.29 is 0 Å².